The molecule has 1 heterocycles. The van der Waals surface area contributed by atoms with Crippen LogP contribution in [-0.2, 0) is 9.53 Å². The van der Waals surface area contributed by atoms with Gasteiger partial charge in [0.25, 0.3) is 0 Å². The molecule has 2 unspecified atom stereocenters. The molecule has 1 rings (SSSR count). The molecule has 0 radical (unpaired) electrons. The fraction of sp³-hybridized carbons (Fsp3) is 0.882. The van der Waals surface area contributed by atoms with E-state index in [0.29, 0.717) is 11.9 Å². The zero-order valence-corrected chi connectivity index (χ0v) is 15.6. The molecule has 0 aromatic carbocycles. The Morgan fingerprint density at radius 1 is 1.30 bits per heavy atom. The molecule has 2 atom stereocenters. The van der Waals surface area contributed by atoms with Crippen LogP contribution in [-0.4, -0.2) is 63.2 Å². The van der Waals surface area contributed by atoms with Crippen molar-refractivity contribution < 1.29 is 9.53 Å². The van der Waals surface area contributed by atoms with Gasteiger partial charge in [-0.1, -0.05) is 20.8 Å². The average molecular weight is 326 g/mol. The predicted molar refractivity (Wildman–Crippen MR) is 94.6 cm³/mol. The van der Waals surface area contributed by atoms with Crippen molar-refractivity contribution >= 4 is 11.9 Å². The lowest BCUT2D eigenvalue weighted by Crippen LogP contribution is -2.47. The minimum Gasteiger partial charge on any atom is -0.377 e. The van der Waals surface area contributed by atoms with E-state index in [1.54, 1.807) is 19.0 Å². The van der Waals surface area contributed by atoms with E-state index in [-0.39, 0.29) is 24.0 Å². The predicted octanol–water partition coefficient (Wildman–Crippen LogP) is 1.47. The second kappa shape index (κ2) is 9.11. The molecule has 1 amide bonds. The minimum absolute atomic E-state index is 0.00392. The summed E-state index contributed by atoms with van der Waals surface area (Å²) in [5, 5.41) is 6.57. The lowest BCUT2D eigenvalue weighted by molar-refractivity contribution is -0.127. The highest BCUT2D eigenvalue weighted by atomic mass is 16.5. The molecule has 1 saturated heterocycles. The molecule has 1 aliphatic rings. The molecule has 6 nitrogen and oxygen atoms in total. The van der Waals surface area contributed by atoms with Crippen molar-refractivity contribution in [1.29, 1.82) is 0 Å². The maximum Gasteiger partial charge on any atom is 0.243 e. The molecule has 0 aliphatic carbocycles. The minimum atomic E-state index is -0.00392. The normalized spacial score (nSPS) is 22.6. The van der Waals surface area contributed by atoms with Crippen molar-refractivity contribution in [1.82, 2.24) is 15.5 Å². The molecule has 0 spiro atoms. The summed E-state index contributed by atoms with van der Waals surface area (Å²) in [6, 6.07) is 0. The molecule has 1 fully saturated rings. The van der Waals surface area contributed by atoms with Gasteiger partial charge in [0.15, 0.2) is 5.96 Å². The molecule has 0 saturated carbocycles. The zero-order chi connectivity index (χ0) is 17.5. The van der Waals surface area contributed by atoms with Crippen LogP contribution in [0, 0.1) is 11.3 Å². The quantitative estimate of drug-likeness (QED) is 0.593. The Morgan fingerprint density at radius 2 is 2.00 bits per heavy atom. The molecule has 23 heavy (non-hydrogen) atoms. The number of guanidine groups is 1. The smallest absolute Gasteiger partial charge is 0.243 e. The number of nitrogens with zero attached hydrogens (tertiary/aromatic N) is 2. The summed E-state index contributed by atoms with van der Waals surface area (Å²) in [6.45, 7) is 11.3. The highest BCUT2D eigenvalue weighted by Crippen LogP contribution is 2.33. The van der Waals surface area contributed by atoms with Crippen LogP contribution < -0.4 is 10.6 Å². The first-order valence-corrected chi connectivity index (χ1v) is 8.59. The maximum atomic E-state index is 11.7. The van der Waals surface area contributed by atoms with Crippen LogP contribution in [0.2, 0.25) is 0 Å². The number of rotatable bonds is 5. The number of carbonyl (C=O) groups excluding carboxylic acids is 1. The molecule has 2 N–H and O–H groups in total. The maximum absolute atomic E-state index is 11.7. The van der Waals surface area contributed by atoms with Crippen LogP contribution in [0.15, 0.2) is 4.99 Å². The summed E-state index contributed by atoms with van der Waals surface area (Å²) in [7, 11) is 3.48. The third kappa shape index (κ3) is 6.77. The van der Waals surface area contributed by atoms with Gasteiger partial charge in [-0.05, 0) is 25.2 Å². The number of ether oxygens (including phenoxy) is 1. The number of hydrogen-bond donors (Lipinski definition) is 2. The summed E-state index contributed by atoms with van der Waals surface area (Å²) in [4.78, 5) is 17.6. The first kappa shape index (κ1) is 19.7. The average Bonchev–Trinajstić information content (AvgIpc) is 2.49. The van der Waals surface area contributed by atoms with Gasteiger partial charge in [0.1, 0.15) is 6.54 Å². The van der Waals surface area contributed by atoms with Gasteiger partial charge in [-0.15, -0.1) is 0 Å². The van der Waals surface area contributed by atoms with E-state index < -0.39 is 0 Å². The standard InChI is InChI=1S/C17H34N4O2/c1-7-18-16(20-12-14(22)21(5)6)19-11-13-9-8-10-23-15(13)17(2,3)4/h13,15H,7-12H2,1-6H3,(H2,18,19,20). The van der Waals surface area contributed by atoms with E-state index in [2.05, 4.69) is 36.4 Å². The van der Waals surface area contributed by atoms with E-state index in [1.807, 2.05) is 6.92 Å². The fourth-order valence-corrected chi connectivity index (χ4v) is 2.87. The van der Waals surface area contributed by atoms with Crippen LogP contribution in [0.25, 0.3) is 0 Å². The van der Waals surface area contributed by atoms with Crippen molar-refractivity contribution in [3.05, 3.63) is 0 Å². The van der Waals surface area contributed by atoms with E-state index in [9.17, 15) is 4.79 Å². The Hall–Kier alpha value is -1.30. The topological polar surface area (TPSA) is 66.0 Å². The highest BCUT2D eigenvalue weighted by Gasteiger charge is 2.35. The van der Waals surface area contributed by atoms with Gasteiger partial charge in [-0.3, -0.25) is 4.79 Å². The van der Waals surface area contributed by atoms with E-state index >= 15 is 0 Å². The summed E-state index contributed by atoms with van der Waals surface area (Å²) in [5.74, 6) is 1.15. The first-order valence-electron chi connectivity index (χ1n) is 8.59. The van der Waals surface area contributed by atoms with Crippen LogP contribution in [0.3, 0.4) is 0 Å². The molecule has 6 heteroatoms. The second-order valence-electron chi connectivity index (χ2n) is 7.42. The summed E-state index contributed by atoms with van der Waals surface area (Å²) in [6.07, 6.45) is 2.51. The van der Waals surface area contributed by atoms with Gasteiger partial charge in [-0.2, -0.15) is 0 Å². The molecular formula is C17H34N4O2. The Labute approximate surface area is 141 Å². The number of nitrogens with one attached hydrogen (secondary N) is 2. The van der Waals surface area contributed by atoms with Gasteiger partial charge in [0.05, 0.1) is 6.10 Å². The van der Waals surface area contributed by atoms with Gasteiger partial charge < -0.3 is 20.3 Å². The third-order valence-corrected chi connectivity index (χ3v) is 4.05. The third-order valence-electron chi connectivity index (χ3n) is 4.05. The van der Waals surface area contributed by atoms with Gasteiger partial charge in [-0.25, -0.2) is 4.99 Å². The van der Waals surface area contributed by atoms with E-state index in [4.69, 9.17) is 4.74 Å². The Bertz CT molecular complexity index is 402. The van der Waals surface area contributed by atoms with Crippen LogP contribution >= 0.6 is 0 Å². The van der Waals surface area contributed by atoms with E-state index in [1.165, 1.54) is 0 Å². The number of amides is 1. The number of hydrogen-bond acceptors (Lipinski definition) is 3. The fourth-order valence-electron chi connectivity index (χ4n) is 2.87. The van der Waals surface area contributed by atoms with Crippen LogP contribution in [0.5, 0.6) is 0 Å². The van der Waals surface area contributed by atoms with Gasteiger partial charge in [0.2, 0.25) is 5.91 Å². The first-order chi connectivity index (χ1) is 10.8. The Kier molecular flexibility index (Phi) is 7.82. The molecule has 0 aromatic rings. The SMILES string of the molecule is CCNC(=NCC(=O)N(C)C)NCC1CCCOC1C(C)(C)C. The Balaban J connectivity index is 2.62. The van der Waals surface area contributed by atoms with E-state index in [0.717, 1.165) is 32.5 Å². The summed E-state index contributed by atoms with van der Waals surface area (Å²) >= 11 is 0. The summed E-state index contributed by atoms with van der Waals surface area (Å²) in [5.41, 5.74) is 0.128. The Morgan fingerprint density at radius 3 is 2.57 bits per heavy atom. The zero-order valence-electron chi connectivity index (χ0n) is 15.6. The number of carbonyl (C=O) groups is 1. The molecule has 0 bridgehead atoms. The lowest BCUT2D eigenvalue weighted by atomic mass is 9.78. The van der Waals surface area contributed by atoms with Crippen molar-refractivity contribution in [3.8, 4) is 0 Å². The second-order valence-corrected chi connectivity index (χ2v) is 7.42. The largest absolute Gasteiger partial charge is 0.377 e. The van der Waals surface area contributed by atoms with Crippen LogP contribution in [0.1, 0.15) is 40.5 Å². The number of likely N-dealkylation sites (N-methyl/N-ethyl adjacent to an activating group) is 1. The molecule has 1 aliphatic heterocycles. The van der Waals surface area contributed by atoms with Crippen LogP contribution in [0.4, 0.5) is 0 Å². The lowest BCUT2D eigenvalue weighted by Gasteiger charge is -2.40. The molecule has 134 valence electrons. The van der Waals surface area contributed by atoms with Gasteiger partial charge in [0, 0.05) is 39.7 Å². The molecular weight excluding hydrogens is 292 g/mol. The van der Waals surface area contributed by atoms with Gasteiger partial charge >= 0.3 is 0 Å². The summed E-state index contributed by atoms with van der Waals surface area (Å²) < 4.78 is 6.02. The van der Waals surface area contributed by atoms with Crippen molar-refractivity contribution in [2.24, 2.45) is 16.3 Å². The molecule has 0 aromatic heterocycles. The van der Waals surface area contributed by atoms with Crippen molar-refractivity contribution in [2.75, 3.05) is 40.3 Å². The monoisotopic (exact) mass is 326 g/mol. The van der Waals surface area contributed by atoms with Crippen molar-refractivity contribution in [3.63, 3.8) is 0 Å². The number of aliphatic imine (C=N–C) groups is 1. The highest BCUT2D eigenvalue weighted by molar-refractivity contribution is 5.84. The van der Waals surface area contributed by atoms with Crippen molar-refractivity contribution in [2.45, 2.75) is 46.6 Å².